The number of hydrogen-bond acceptors (Lipinski definition) is 2. The van der Waals surface area contributed by atoms with E-state index in [4.69, 9.17) is 5.26 Å². The normalized spacial score (nSPS) is 12.9. The topological polar surface area (TPSA) is 35.8 Å². The van der Waals surface area contributed by atoms with E-state index in [1.165, 1.54) is 5.56 Å². The van der Waals surface area contributed by atoms with E-state index >= 15 is 0 Å². The molecule has 0 spiro atoms. The second-order valence-electron chi connectivity index (χ2n) is 5.46. The summed E-state index contributed by atoms with van der Waals surface area (Å²) >= 11 is 0. The minimum Gasteiger partial charge on any atom is -0.370 e. The first-order valence-electron chi connectivity index (χ1n) is 5.63. The van der Waals surface area contributed by atoms with E-state index < -0.39 is 0 Å². The van der Waals surface area contributed by atoms with Crippen LogP contribution in [0.15, 0.2) is 24.3 Å². The van der Waals surface area contributed by atoms with Crippen molar-refractivity contribution >= 4 is 5.69 Å². The molecule has 0 aliphatic rings. The molecular weight excluding hydrogens is 196 g/mol. The zero-order chi connectivity index (χ0) is 12.2. The molecule has 1 unspecified atom stereocenters. The average molecular weight is 216 g/mol. The molecule has 0 radical (unpaired) electrons. The monoisotopic (exact) mass is 216 g/mol. The van der Waals surface area contributed by atoms with Gasteiger partial charge < -0.3 is 5.32 Å². The number of rotatable bonds is 3. The number of nitrogens with one attached hydrogen (secondary N) is 1. The van der Waals surface area contributed by atoms with Gasteiger partial charge in [-0.1, -0.05) is 38.5 Å². The highest BCUT2D eigenvalue weighted by Crippen LogP contribution is 2.22. The minimum absolute atomic E-state index is 0.122. The van der Waals surface area contributed by atoms with Crippen molar-refractivity contribution in [1.82, 2.24) is 0 Å². The zero-order valence-electron chi connectivity index (χ0n) is 10.5. The van der Waals surface area contributed by atoms with Gasteiger partial charge in [-0.3, -0.25) is 0 Å². The first-order valence-corrected chi connectivity index (χ1v) is 5.63. The summed E-state index contributed by atoms with van der Waals surface area (Å²) in [5, 5.41) is 12.3. The number of anilines is 1. The average Bonchev–Trinajstić information content (AvgIpc) is 2.18. The van der Waals surface area contributed by atoms with Crippen molar-refractivity contribution in [3.8, 4) is 6.07 Å². The van der Waals surface area contributed by atoms with Crippen molar-refractivity contribution in [2.45, 2.75) is 40.2 Å². The van der Waals surface area contributed by atoms with Gasteiger partial charge in [0.25, 0.3) is 0 Å². The summed E-state index contributed by atoms with van der Waals surface area (Å²) in [5.41, 5.74) is 2.41. The SMILES string of the molecule is Cc1ccc(NC(C#N)CC(C)(C)C)cc1. The highest BCUT2D eigenvalue weighted by atomic mass is 14.9. The summed E-state index contributed by atoms with van der Waals surface area (Å²) in [6.07, 6.45) is 0.845. The smallest absolute Gasteiger partial charge is 0.114 e. The lowest BCUT2D eigenvalue weighted by molar-refractivity contribution is 0.370. The second-order valence-corrected chi connectivity index (χ2v) is 5.46. The number of hydrogen-bond donors (Lipinski definition) is 1. The Hall–Kier alpha value is -1.49. The van der Waals surface area contributed by atoms with Gasteiger partial charge in [-0.2, -0.15) is 5.26 Å². The molecule has 0 amide bonds. The van der Waals surface area contributed by atoms with Crippen LogP contribution in [-0.4, -0.2) is 6.04 Å². The van der Waals surface area contributed by atoms with Gasteiger partial charge in [0.2, 0.25) is 0 Å². The van der Waals surface area contributed by atoms with Gasteiger partial charge >= 0.3 is 0 Å². The van der Waals surface area contributed by atoms with E-state index in [1.807, 2.05) is 24.3 Å². The molecule has 0 saturated heterocycles. The standard InChI is InChI=1S/C14H20N2/c1-11-5-7-12(8-6-11)16-13(10-15)9-14(2,3)4/h5-8,13,16H,9H2,1-4H3. The van der Waals surface area contributed by atoms with Crippen molar-refractivity contribution < 1.29 is 0 Å². The molecule has 2 heteroatoms. The Bertz CT molecular complexity index is 365. The summed E-state index contributed by atoms with van der Waals surface area (Å²) in [4.78, 5) is 0. The van der Waals surface area contributed by atoms with Crippen molar-refractivity contribution in [2.24, 2.45) is 5.41 Å². The number of nitrogens with zero attached hydrogens (tertiary/aromatic N) is 1. The Balaban J connectivity index is 2.64. The van der Waals surface area contributed by atoms with Crippen molar-refractivity contribution in [3.05, 3.63) is 29.8 Å². The molecule has 0 saturated carbocycles. The van der Waals surface area contributed by atoms with Gasteiger partial charge in [0, 0.05) is 5.69 Å². The Kier molecular flexibility index (Phi) is 3.95. The molecule has 0 fully saturated rings. The van der Waals surface area contributed by atoms with Crippen molar-refractivity contribution in [3.63, 3.8) is 0 Å². The number of nitriles is 1. The molecule has 1 N–H and O–H groups in total. The van der Waals surface area contributed by atoms with Crippen molar-refractivity contribution in [2.75, 3.05) is 5.32 Å². The predicted molar refractivity (Wildman–Crippen MR) is 68.3 cm³/mol. The summed E-state index contributed by atoms with van der Waals surface area (Å²) < 4.78 is 0. The molecule has 0 aliphatic heterocycles. The van der Waals surface area contributed by atoms with E-state index in [-0.39, 0.29) is 11.5 Å². The Morgan fingerprint density at radius 3 is 2.25 bits per heavy atom. The summed E-state index contributed by atoms with van der Waals surface area (Å²) in [5.74, 6) is 0. The maximum Gasteiger partial charge on any atom is 0.114 e. The molecule has 2 nitrogen and oxygen atoms in total. The fourth-order valence-electron chi connectivity index (χ4n) is 1.59. The van der Waals surface area contributed by atoms with Gasteiger partial charge in [0.15, 0.2) is 0 Å². The van der Waals surface area contributed by atoms with E-state index in [2.05, 4.69) is 39.1 Å². The van der Waals surface area contributed by atoms with Gasteiger partial charge in [-0.15, -0.1) is 0 Å². The Labute approximate surface area is 98.3 Å². The fraction of sp³-hybridized carbons (Fsp3) is 0.500. The highest BCUT2D eigenvalue weighted by Gasteiger charge is 2.17. The van der Waals surface area contributed by atoms with Gasteiger partial charge in [0.1, 0.15) is 6.04 Å². The first-order chi connectivity index (χ1) is 7.40. The van der Waals surface area contributed by atoms with E-state index in [0.29, 0.717) is 0 Å². The van der Waals surface area contributed by atoms with Crippen LogP contribution in [0.5, 0.6) is 0 Å². The van der Waals surface area contributed by atoms with Crippen LogP contribution in [0.4, 0.5) is 5.69 Å². The Morgan fingerprint density at radius 2 is 1.81 bits per heavy atom. The third-order valence-electron chi connectivity index (χ3n) is 2.36. The van der Waals surface area contributed by atoms with E-state index in [0.717, 1.165) is 12.1 Å². The first kappa shape index (κ1) is 12.6. The lowest BCUT2D eigenvalue weighted by Gasteiger charge is -2.22. The van der Waals surface area contributed by atoms with Gasteiger partial charge in [0.05, 0.1) is 6.07 Å². The number of aryl methyl sites for hydroxylation is 1. The summed E-state index contributed by atoms with van der Waals surface area (Å²) in [7, 11) is 0. The van der Waals surface area contributed by atoms with Crippen LogP contribution in [0.25, 0.3) is 0 Å². The molecule has 1 rings (SSSR count). The highest BCUT2D eigenvalue weighted by molar-refractivity contribution is 5.46. The third kappa shape index (κ3) is 4.35. The van der Waals surface area contributed by atoms with Crippen molar-refractivity contribution in [1.29, 1.82) is 5.26 Å². The molecule has 1 aromatic rings. The van der Waals surface area contributed by atoms with E-state index in [1.54, 1.807) is 0 Å². The lowest BCUT2D eigenvalue weighted by atomic mass is 9.88. The summed E-state index contributed by atoms with van der Waals surface area (Å²) in [6.45, 7) is 8.50. The van der Waals surface area contributed by atoms with Crippen LogP contribution in [0.1, 0.15) is 32.8 Å². The zero-order valence-corrected chi connectivity index (χ0v) is 10.5. The third-order valence-corrected chi connectivity index (χ3v) is 2.36. The maximum atomic E-state index is 9.09. The molecule has 16 heavy (non-hydrogen) atoms. The molecule has 1 atom stereocenters. The van der Waals surface area contributed by atoms with E-state index in [9.17, 15) is 0 Å². The van der Waals surface area contributed by atoms with Crippen LogP contribution >= 0.6 is 0 Å². The molecule has 0 aliphatic carbocycles. The molecule has 0 aromatic heterocycles. The minimum atomic E-state index is -0.122. The largest absolute Gasteiger partial charge is 0.370 e. The van der Waals surface area contributed by atoms with Crippen LogP contribution in [0.3, 0.4) is 0 Å². The van der Waals surface area contributed by atoms with Gasteiger partial charge in [-0.05, 0) is 30.9 Å². The molecule has 0 heterocycles. The van der Waals surface area contributed by atoms with Crippen LogP contribution in [0, 0.1) is 23.7 Å². The second kappa shape index (κ2) is 5.03. The summed E-state index contributed by atoms with van der Waals surface area (Å²) in [6, 6.07) is 10.3. The van der Waals surface area contributed by atoms with Crippen LogP contribution in [-0.2, 0) is 0 Å². The maximum absolute atomic E-state index is 9.09. The predicted octanol–water partition coefficient (Wildman–Crippen LogP) is 3.74. The number of benzene rings is 1. The lowest BCUT2D eigenvalue weighted by Crippen LogP contribution is -2.24. The molecule has 0 bridgehead atoms. The fourth-order valence-corrected chi connectivity index (χ4v) is 1.59. The molecular formula is C14H20N2. The quantitative estimate of drug-likeness (QED) is 0.835. The van der Waals surface area contributed by atoms with Gasteiger partial charge in [-0.25, -0.2) is 0 Å². The van der Waals surface area contributed by atoms with Crippen LogP contribution in [0.2, 0.25) is 0 Å². The molecule has 1 aromatic carbocycles. The Morgan fingerprint density at radius 1 is 1.25 bits per heavy atom. The van der Waals surface area contributed by atoms with Crippen LogP contribution < -0.4 is 5.32 Å². The molecule has 86 valence electrons.